The van der Waals surface area contributed by atoms with Gasteiger partial charge in [-0.05, 0) is 35.3 Å². The topological polar surface area (TPSA) is 21.3 Å². The third kappa shape index (κ3) is 3.83. The van der Waals surface area contributed by atoms with Crippen molar-refractivity contribution < 1.29 is 4.74 Å². The van der Waals surface area contributed by atoms with E-state index in [0.717, 1.165) is 19.8 Å². The predicted molar refractivity (Wildman–Crippen MR) is 84.9 cm³/mol. The fourth-order valence-corrected chi connectivity index (χ4v) is 3.05. The molecular weight excluding hydrogens is 246 g/mol. The van der Waals surface area contributed by atoms with Crippen molar-refractivity contribution in [2.45, 2.75) is 46.6 Å². The Hall–Kier alpha value is -0.860. The van der Waals surface area contributed by atoms with E-state index < -0.39 is 0 Å². The Morgan fingerprint density at radius 2 is 2.05 bits per heavy atom. The molecule has 0 saturated heterocycles. The average molecular weight is 275 g/mol. The van der Waals surface area contributed by atoms with Gasteiger partial charge in [-0.1, -0.05) is 52.0 Å². The molecule has 1 aliphatic carbocycles. The minimum atomic E-state index is 0.312. The molecular formula is C18H29NO. The molecule has 0 spiro atoms. The van der Waals surface area contributed by atoms with Gasteiger partial charge < -0.3 is 10.1 Å². The number of nitrogens with one attached hydrogen (secondary N) is 1. The Labute approximate surface area is 123 Å². The molecule has 1 aromatic rings. The van der Waals surface area contributed by atoms with Gasteiger partial charge in [0.05, 0.1) is 6.61 Å². The van der Waals surface area contributed by atoms with Crippen molar-refractivity contribution in [3.63, 3.8) is 0 Å². The minimum absolute atomic E-state index is 0.312. The number of rotatable bonds is 6. The van der Waals surface area contributed by atoms with Crippen LogP contribution in [0.3, 0.4) is 0 Å². The van der Waals surface area contributed by atoms with Crippen molar-refractivity contribution in [3.8, 4) is 0 Å². The van der Waals surface area contributed by atoms with Crippen molar-refractivity contribution >= 4 is 0 Å². The maximum atomic E-state index is 5.68. The van der Waals surface area contributed by atoms with Crippen molar-refractivity contribution in [3.05, 3.63) is 35.4 Å². The van der Waals surface area contributed by atoms with Crippen LogP contribution in [-0.2, 0) is 11.2 Å². The van der Waals surface area contributed by atoms with E-state index in [1.54, 1.807) is 0 Å². The number of fused-ring (bicyclic) bond motifs is 1. The molecule has 0 fully saturated rings. The van der Waals surface area contributed by atoms with E-state index in [0.29, 0.717) is 17.4 Å². The first-order chi connectivity index (χ1) is 9.50. The Morgan fingerprint density at radius 1 is 1.30 bits per heavy atom. The van der Waals surface area contributed by atoms with Gasteiger partial charge in [-0.3, -0.25) is 0 Å². The van der Waals surface area contributed by atoms with E-state index in [-0.39, 0.29) is 0 Å². The number of hydrogen-bond acceptors (Lipinski definition) is 2. The molecule has 0 heterocycles. The zero-order valence-corrected chi connectivity index (χ0v) is 13.4. The van der Waals surface area contributed by atoms with Crippen molar-refractivity contribution in [2.75, 3.05) is 19.8 Å². The maximum absolute atomic E-state index is 5.68. The van der Waals surface area contributed by atoms with Crippen LogP contribution in [0.4, 0.5) is 0 Å². The first-order valence-electron chi connectivity index (χ1n) is 7.89. The molecule has 0 radical (unpaired) electrons. The smallest absolute Gasteiger partial charge is 0.0591 e. The number of benzene rings is 1. The summed E-state index contributed by atoms with van der Waals surface area (Å²) in [5.74, 6) is 0.613. The molecule has 1 unspecified atom stereocenters. The molecule has 0 saturated carbocycles. The van der Waals surface area contributed by atoms with E-state index in [4.69, 9.17) is 4.74 Å². The van der Waals surface area contributed by atoms with Crippen LogP contribution in [0.25, 0.3) is 0 Å². The summed E-state index contributed by atoms with van der Waals surface area (Å²) < 4.78 is 5.68. The van der Waals surface area contributed by atoms with E-state index in [1.807, 2.05) is 0 Å². The highest BCUT2D eigenvalue weighted by Crippen LogP contribution is 2.43. The fourth-order valence-electron chi connectivity index (χ4n) is 3.05. The molecule has 2 nitrogen and oxygen atoms in total. The molecule has 0 amide bonds. The highest BCUT2D eigenvalue weighted by molar-refractivity contribution is 5.34. The van der Waals surface area contributed by atoms with Gasteiger partial charge in [0.15, 0.2) is 0 Å². The van der Waals surface area contributed by atoms with Crippen molar-refractivity contribution in [1.82, 2.24) is 5.32 Å². The summed E-state index contributed by atoms with van der Waals surface area (Å²) in [5.41, 5.74) is 3.30. The molecule has 1 aromatic carbocycles. The highest BCUT2D eigenvalue weighted by atomic mass is 16.5. The predicted octanol–water partition coefficient (Wildman–Crippen LogP) is 3.96. The van der Waals surface area contributed by atoms with Gasteiger partial charge in [-0.25, -0.2) is 0 Å². The monoisotopic (exact) mass is 275 g/mol. The Morgan fingerprint density at radius 3 is 2.80 bits per heavy atom. The zero-order chi connectivity index (χ0) is 14.6. The summed E-state index contributed by atoms with van der Waals surface area (Å²) >= 11 is 0. The Balaban J connectivity index is 1.94. The quantitative estimate of drug-likeness (QED) is 0.793. The zero-order valence-electron chi connectivity index (χ0n) is 13.4. The van der Waals surface area contributed by atoms with Crippen LogP contribution >= 0.6 is 0 Å². The third-order valence-electron chi connectivity index (χ3n) is 4.23. The second-order valence-corrected chi connectivity index (χ2v) is 7.04. The van der Waals surface area contributed by atoms with Crippen molar-refractivity contribution in [2.24, 2.45) is 11.3 Å². The van der Waals surface area contributed by atoms with Gasteiger partial charge in [0, 0.05) is 19.2 Å². The highest BCUT2D eigenvalue weighted by Gasteiger charge is 2.35. The van der Waals surface area contributed by atoms with Gasteiger partial charge in [0.2, 0.25) is 0 Å². The van der Waals surface area contributed by atoms with Crippen LogP contribution < -0.4 is 5.32 Å². The van der Waals surface area contributed by atoms with Crippen LogP contribution in [0.2, 0.25) is 0 Å². The SMILES string of the molecule is CC(C)COCCNC1c2ccccc2CCC1(C)C. The summed E-state index contributed by atoms with van der Waals surface area (Å²) in [7, 11) is 0. The first-order valence-corrected chi connectivity index (χ1v) is 7.89. The van der Waals surface area contributed by atoms with E-state index in [9.17, 15) is 0 Å². The fraction of sp³-hybridized carbons (Fsp3) is 0.667. The van der Waals surface area contributed by atoms with E-state index in [2.05, 4.69) is 57.3 Å². The average Bonchev–Trinajstić information content (AvgIpc) is 2.40. The lowest BCUT2D eigenvalue weighted by Gasteiger charge is -2.40. The third-order valence-corrected chi connectivity index (χ3v) is 4.23. The molecule has 1 N–H and O–H groups in total. The van der Waals surface area contributed by atoms with Gasteiger partial charge in [0.1, 0.15) is 0 Å². The first kappa shape index (κ1) is 15.5. The molecule has 112 valence electrons. The summed E-state index contributed by atoms with van der Waals surface area (Å²) in [4.78, 5) is 0. The van der Waals surface area contributed by atoms with Crippen LogP contribution in [0.5, 0.6) is 0 Å². The van der Waals surface area contributed by atoms with Crippen LogP contribution in [0.15, 0.2) is 24.3 Å². The van der Waals surface area contributed by atoms with Crippen molar-refractivity contribution in [1.29, 1.82) is 0 Å². The molecule has 0 aliphatic heterocycles. The van der Waals surface area contributed by atoms with Gasteiger partial charge in [-0.2, -0.15) is 0 Å². The minimum Gasteiger partial charge on any atom is -0.380 e. The van der Waals surface area contributed by atoms with Crippen LogP contribution in [0, 0.1) is 11.3 Å². The summed E-state index contributed by atoms with van der Waals surface area (Å²) in [6.45, 7) is 11.7. The van der Waals surface area contributed by atoms with Gasteiger partial charge >= 0.3 is 0 Å². The largest absolute Gasteiger partial charge is 0.380 e. The number of aryl methyl sites for hydroxylation is 1. The number of hydrogen-bond donors (Lipinski definition) is 1. The lowest BCUT2D eigenvalue weighted by atomic mass is 9.70. The molecule has 0 aromatic heterocycles. The van der Waals surface area contributed by atoms with Gasteiger partial charge in [0.25, 0.3) is 0 Å². The Kier molecular flexibility index (Phi) is 5.22. The second kappa shape index (κ2) is 6.73. The van der Waals surface area contributed by atoms with Crippen LogP contribution in [0.1, 0.15) is 51.3 Å². The lowest BCUT2D eigenvalue weighted by molar-refractivity contribution is 0.102. The second-order valence-electron chi connectivity index (χ2n) is 7.04. The molecule has 2 rings (SSSR count). The van der Waals surface area contributed by atoms with E-state index in [1.165, 1.54) is 24.0 Å². The molecule has 1 aliphatic rings. The standard InChI is InChI=1S/C18H29NO/c1-14(2)13-20-12-11-19-17-16-8-6-5-7-15(16)9-10-18(17,3)4/h5-8,14,17,19H,9-13H2,1-4H3. The summed E-state index contributed by atoms with van der Waals surface area (Å²) in [5, 5.41) is 3.72. The summed E-state index contributed by atoms with van der Waals surface area (Å²) in [6.07, 6.45) is 2.44. The molecule has 0 bridgehead atoms. The maximum Gasteiger partial charge on any atom is 0.0591 e. The Bertz CT molecular complexity index is 425. The molecule has 20 heavy (non-hydrogen) atoms. The van der Waals surface area contributed by atoms with Crippen LogP contribution in [-0.4, -0.2) is 19.8 Å². The van der Waals surface area contributed by atoms with E-state index >= 15 is 0 Å². The van der Waals surface area contributed by atoms with Gasteiger partial charge in [-0.15, -0.1) is 0 Å². The lowest BCUT2D eigenvalue weighted by Crippen LogP contribution is -2.39. The molecule has 2 heteroatoms. The normalized spacial score (nSPS) is 20.9. The number of ether oxygens (including phenoxy) is 1. The molecule has 1 atom stereocenters. The summed E-state index contributed by atoms with van der Waals surface area (Å²) in [6, 6.07) is 9.30.